The first kappa shape index (κ1) is 59.3. The van der Waals surface area contributed by atoms with Crippen LogP contribution >= 0.6 is 0 Å². The molecule has 17 nitrogen and oxygen atoms in total. The molecule has 2 saturated heterocycles. The van der Waals surface area contributed by atoms with Crippen LogP contribution in [-0.2, 0) is 58.0 Å². The minimum Gasteiger partial charge on any atom is -0.493 e. The lowest BCUT2D eigenvalue weighted by atomic mass is 9.94. The molecule has 2 heterocycles. The van der Waals surface area contributed by atoms with Crippen LogP contribution in [0.1, 0.15) is 95.0 Å². The van der Waals surface area contributed by atoms with Crippen LogP contribution in [0.5, 0.6) is 69.0 Å². The third kappa shape index (κ3) is 15.8. The number of rotatable bonds is 29. The number of methoxy groups -OCH3 is 6. The van der Waals surface area contributed by atoms with E-state index in [0.29, 0.717) is 121 Å². The summed E-state index contributed by atoms with van der Waals surface area (Å²) in [5.74, 6) is 7.12. The molecule has 9 rings (SSSR count). The normalized spacial score (nSPS) is 15.7. The summed E-state index contributed by atoms with van der Waals surface area (Å²) in [6.45, 7) is 3.89. The molecule has 17 heteroatoms. The molecule has 2 aliphatic heterocycles. The van der Waals surface area contributed by atoms with Crippen molar-refractivity contribution in [3.63, 3.8) is 0 Å². The molecule has 2 unspecified atom stereocenters. The zero-order valence-electron chi connectivity index (χ0n) is 48.1. The van der Waals surface area contributed by atoms with Crippen molar-refractivity contribution in [2.24, 2.45) is 0 Å². The molecule has 6 aromatic rings. The number of hydrogen-bond donors (Lipinski definition) is 1. The van der Waals surface area contributed by atoms with Gasteiger partial charge < -0.3 is 80.9 Å². The number of ether oxygens (including phenoxy) is 16. The molecule has 0 saturated carbocycles. The molecule has 1 aliphatic carbocycles. The molecule has 0 bridgehead atoms. The summed E-state index contributed by atoms with van der Waals surface area (Å²) in [5.41, 5.74) is 8.95. The van der Waals surface area contributed by atoms with E-state index in [4.69, 9.17) is 75.8 Å². The van der Waals surface area contributed by atoms with Gasteiger partial charge in [-0.2, -0.15) is 0 Å². The Balaban J connectivity index is 0.929. The number of benzene rings is 6. The maximum atomic E-state index is 9.59. The molecule has 2 fully saturated rings. The fourth-order valence-electron chi connectivity index (χ4n) is 10.2. The summed E-state index contributed by atoms with van der Waals surface area (Å²) < 4.78 is 96.5. The van der Waals surface area contributed by atoms with Crippen LogP contribution in [0.15, 0.2) is 91.0 Å². The highest BCUT2D eigenvalue weighted by atomic mass is 16.7. The van der Waals surface area contributed by atoms with Crippen LogP contribution in [0, 0.1) is 0 Å². The molecule has 82 heavy (non-hydrogen) atoms. The predicted octanol–water partition coefficient (Wildman–Crippen LogP) is 11.2. The molecule has 3 aliphatic rings. The highest BCUT2D eigenvalue weighted by Gasteiger charge is 2.24. The molecule has 0 spiro atoms. The Bertz CT molecular complexity index is 2910. The largest absolute Gasteiger partial charge is 0.493 e. The quantitative estimate of drug-likeness (QED) is 0.0439. The molecule has 0 amide bonds. The molecule has 440 valence electrons. The van der Waals surface area contributed by atoms with E-state index in [1.165, 1.54) is 0 Å². The topological polar surface area (TPSA) is 168 Å². The van der Waals surface area contributed by atoms with Gasteiger partial charge in [-0.25, -0.2) is 0 Å². The average molecular weight is 1130 g/mol. The van der Waals surface area contributed by atoms with Crippen LogP contribution in [0.3, 0.4) is 0 Å². The fraction of sp³-hybridized carbons (Fsp3) is 0.446. The summed E-state index contributed by atoms with van der Waals surface area (Å²) in [6, 6.07) is 29.4. The Hall–Kier alpha value is -7.28. The van der Waals surface area contributed by atoms with Crippen LogP contribution in [0.25, 0.3) is 0 Å². The van der Waals surface area contributed by atoms with E-state index in [9.17, 15) is 5.11 Å². The maximum Gasteiger partial charge on any atom is 0.161 e. The first-order chi connectivity index (χ1) is 40.3. The summed E-state index contributed by atoms with van der Waals surface area (Å²) >= 11 is 0. The van der Waals surface area contributed by atoms with Crippen LogP contribution < -0.4 is 56.8 Å². The smallest absolute Gasteiger partial charge is 0.161 e. The van der Waals surface area contributed by atoms with E-state index in [-0.39, 0.29) is 45.6 Å². The lowest BCUT2D eigenvalue weighted by Crippen LogP contribution is -2.22. The second kappa shape index (κ2) is 30.1. The molecular formula is C65H78O17. The zero-order chi connectivity index (χ0) is 57.0. The summed E-state index contributed by atoms with van der Waals surface area (Å²) in [6.07, 6.45) is 8.00. The van der Waals surface area contributed by atoms with Crippen LogP contribution in [-0.4, -0.2) is 113 Å². The highest BCUT2D eigenvalue weighted by molar-refractivity contribution is 5.58. The van der Waals surface area contributed by atoms with Crippen molar-refractivity contribution in [2.45, 2.75) is 96.6 Å². The third-order valence-corrected chi connectivity index (χ3v) is 14.6. The minimum atomic E-state index is -0.186. The van der Waals surface area contributed by atoms with Crippen molar-refractivity contribution in [1.82, 2.24) is 0 Å². The van der Waals surface area contributed by atoms with Crippen LogP contribution in [0.2, 0.25) is 0 Å². The van der Waals surface area contributed by atoms with Gasteiger partial charge in [0.15, 0.2) is 81.6 Å². The van der Waals surface area contributed by atoms with Crippen molar-refractivity contribution in [1.29, 1.82) is 0 Å². The van der Waals surface area contributed by atoms with E-state index >= 15 is 0 Å². The van der Waals surface area contributed by atoms with E-state index in [0.717, 1.165) is 102 Å². The predicted molar refractivity (Wildman–Crippen MR) is 307 cm³/mol. The maximum absolute atomic E-state index is 9.59. The van der Waals surface area contributed by atoms with E-state index in [1.54, 1.807) is 54.8 Å². The Morgan fingerprint density at radius 3 is 1.00 bits per heavy atom. The summed E-state index contributed by atoms with van der Waals surface area (Å²) in [4.78, 5) is 0. The second-order valence-corrected chi connectivity index (χ2v) is 20.1. The van der Waals surface area contributed by atoms with E-state index in [1.807, 2.05) is 42.5 Å². The Kier molecular flexibility index (Phi) is 21.8. The molecule has 0 aromatic heterocycles. The lowest BCUT2D eigenvalue weighted by molar-refractivity contribution is -0.169. The van der Waals surface area contributed by atoms with Crippen molar-refractivity contribution < 1.29 is 80.9 Å². The van der Waals surface area contributed by atoms with Gasteiger partial charge in [0, 0.05) is 19.6 Å². The molecule has 6 aromatic carbocycles. The molecule has 2 atom stereocenters. The van der Waals surface area contributed by atoms with E-state index in [2.05, 4.69) is 36.4 Å². The summed E-state index contributed by atoms with van der Waals surface area (Å²) in [5, 5.41) is 9.59. The van der Waals surface area contributed by atoms with Gasteiger partial charge in [0.2, 0.25) is 0 Å². The van der Waals surface area contributed by atoms with Crippen molar-refractivity contribution in [3.8, 4) is 69.0 Å². The first-order valence-corrected chi connectivity index (χ1v) is 28.2. The van der Waals surface area contributed by atoms with E-state index < -0.39 is 0 Å². The van der Waals surface area contributed by atoms with Gasteiger partial charge in [-0.15, -0.1) is 0 Å². The van der Waals surface area contributed by atoms with Gasteiger partial charge in [0.1, 0.15) is 26.4 Å². The van der Waals surface area contributed by atoms with Gasteiger partial charge in [-0.1, -0.05) is 18.2 Å². The third-order valence-electron chi connectivity index (χ3n) is 14.6. The second-order valence-electron chi connectivity index (χ2n) is 20.1. The summed E-state index contributed by atoms with van der Waals surface area (Å²) in [7, 11) is 9.78. The van der Waals surface area contributed by atoms with Gasteiger partial charge in [-0.3, -0.25) is 0 Å². The number of aliphatic hydroxyl groups is 1. The molecular weight excluding hydrogens is 1050 g/mol. The Morgan fingerprint density at radius 2 is 0.659 bits per heavy atom. The van der Waals surface area contributed by atoms with Gasteiger partial charge in [-0.05, 0) is 181 Å². The fourth-order valence-corrected chi connectivity index (χ4v) is 10.2. The minimum absolute atomic E-state index is 0.0891. The zero-order valence-corrected chi connectivity index (χ0v) is 48.1. The van der Waals surface area contributed by atoms with Crippen LogP contribution in [0.4, 0.5) is 0 Å². The number of fused-ring (bicyclic) bond motifs is 3. The lowest BCUT2D eigenvalue weighted by Gasteiger charge is -2.22. The molecule has 0 radical (unpaired) electrons. The average Bonchev–Trinajstić information content (AvgIpc) is 3.69. The first-order valence-electron chi connectivity index (χ1n) is 28.2. The number of hydrogen-bond acceptors (Lipinski definition) is 17. The van der Waals surface area contributed by atoms with Crippen molar-refractivity contribution in [3.05, 3.63) is 141 Å². The molecule has 1 N–H and O–H groups in total. The standard InChI is InChI=1S/C65H78O17/c1-67-55-28-43(40-66)14-17-52(55)73-22-11-23-74-61-37-49-31-47-35-59(71-5)63(78-27-25-76-54-19-16-45(30-57(54)69-3)42-82-65-13-8-10-21-80-65)39-51(47)33-48-36-60(72-6)62(38-50(48)32-46(49)34-58(61)70-4)77-26-24-75-53-18-15-44(29-56(53)68-2)41-81-64-12-7-9-20-79-64/h14-19,28-30,34-39,64-66H,7-13,20-27,31-33,40-42H2,1-6H3. The van der Waals surface area contributed by atoms with Crippen molar-refractivity contribution in [2.75, 3.05) is 95.5 Å². The number of aliphatic hydroxyl groups excluding tert-OH is 1. The van der Waals surface area contributed by atoms with Gasteiger partial charge in [0.25, 0.3) is 0 Å². The Morgan fingerprint density at radius 1 is 0.354 bits per heavy atom. The van der Waals surface area contributed by atoms with Gasteiger partial charge in [0.05, 0.1) is 75.7 Å². The van der Waals surface area contributed by atoms with Crippen molar-refractivity contribution >= 4 is 0 Å². The highest BCUT2D eigenvalue weighted by Crippen LogP contribution is 2.42. The SMILES string of the molecule is COc1cc(CO)ccc1OCCCOc1cc2c(cc1OC)Cc1cc(OCCOc3ccc(COC4CCCCO4)cc3OC)c(OC)cc1Cc1cc(OCCOc3ccc(COC4CCCCO4)cc3OC)c(OC)cc1C2. The monoisotopic (exact) mass is 1130 g/mol. The Labute approximate surface area is 481 Å². The van der Waals surface area contributed by atoms with Gasteiger partial charge >= 0.3 is 0 Å².